The Hall–Kier alpha value is -1.03. The molecule has 1 aliphatic rings. The molecule has 0 saturated carbocycles. The molecular formula is C10H18N4. The third kappa shape index (κ3) is 1.75. The van der Waals surface area contributed by atoms with Crippen molar-refractivity contribution in [3.05, 3.63) is 12.3 Å². The molecule has 1 aromatic rings. The fourth-order valence-electron chi connectivity index (χ4n) is 1.86. The molecule has 0 aromatic carbocycles. The lowest BCUT2D eigenvalue weighted by atomic mass is 10.2. The lowest BCUT2D eigenvalue weighted by Crippen LogP contribution is -2.50. The van der Waals surface area contributed by atoms with Gasteiger partial charge in [-0.2, -0.15) is 5.10 Å². The largest absolute Gasteiger partial charge is 0.350 e. The molecular weight excluding hydrogens is 176 g/mol. The van der Waals surface area contributed by atoms with E-state index in [9.17, 15) is 0 Å². The van der Waals surface area contributed by atoms with Crippen LogP contribution in [-0.4, -0.2) is 35.5 Å². The molecule has 1 fully saturated rings. The van der Waals surface area contributed by atoms with Crippen molar-refractivity contribution >= 4 is 5.82 Å². The zero-order chi connectivity index (χ0) is 9.97. The fraction of sp³-hybridized carbons (Fsp3) is 0.700. The maximum absolute atomic E-state index is 4.52. The zero-order valence-corrected chi connectivity index (χ0v) is 8.90. The van der Waals surface area contributed by atoms with Gasteiger partial charge in [-0.05, 0) is 13.8 Å². The van der Waals surface area contributed by atoms with Crippen molar-refractivity contribution in [2.24, 2.45) is 0 Å². The van der Waals surface area contributed by atoms with Crippen LogP contribution in [0.1, 0.15) is 13.8 Å². The van der Waals surface area contributed by atoms with E-state index in [1.54, 1.807) is 0 Å². The third-order valence-corrected chi connectivity index (χ3v) is 2.75. The van der Waals surface area contributed by atoms with Gasteiger partial charge in [0.1, 0.15) is 0 Å². The van der Waals surface area contributed by atoms with Crippen molar-refractivity contribution < 1.29 is 0 Å². The zero-order valence-electron chi connectivity index (χ0n) is 8.90. The summed E-state index contributed by atoms with van der Waals surface area (Å²) in [6.45, 7) is 8.46. The molecule has 4 heteroatoms. The summed E-state index contributed by atoms with van der Waals surface area (Å²) in [5, 5.41) is 7.90. The standard InChI is InChI=1S/C10H18N4/c1-3-13-6-4-10(12-13)14-7-5-11-8-9(14)2/h4,6,9,11H,3,5,7-8H2,1-2H3. The predicted molar refractivity (Wildman–Crippen MR) is 57.6 cm³/mol. The molecule has 1 N–H and O–H groups in total. The van der Waals surface area contributed by atoms with Crippen LogP contribution < -0.4 is 10.2 Å². The van der Waals surface area contributed by atoms with Gasteiger partial charge in [-0.3, -0.25) is 4.68 Å². The normalized spacial score (nSPS) is 22.7. The SMILES string of the molecule is CCn1ccc(N2CCNCC2C)n1. The molecule has 1 unspecified atom stereocenters. The molecule has 2 heterocycles. The van der Waals surface area contributed by atoms with Crippen LogP contribution >= 0.6 is 0 Å². The smallest absolute Gasteiger partial charge is 0.150 e. The number of anilines is 1. The highest BCUT2D eigenvalue weighted by molar-refractivity contribution is 5.39. The maximum atomic E-state index is 4.52. The average molecular weight is 194 g/mol. The third-order valence-electron chi connectivity index (χ3n) is 2.75. The lowest BCUT2D eigenvalue weighted by Gasteiger charge is -2.33. The van der Waals surface area contributed by atoms with Gasteiger partial charge < -0.3 is 10.2 Å². The van der Waals surface area contributed by atoms with Gasteiger partial charge in [0.05, 0.1) is 0 Å². The molecule has 1 saturated heterocycles. The van der Waals surface area contributed by atoms with Crippen LogP contribution in [0, 0.1) is 0 Å². The van der Waals surface area contributed by atoms with Gasteiger partial charge in [-0.1, -0.05) is 0 Å². The molecule has 1 aliphatic heterocycles. The van der Waals surface area contributed by atoms with E-state index in [0.29, 0.717) is 6.04 Å². The molecule has 14 heavy (non-hydrogen) atoms. The van der Waals surface area contributed by atoms with Gasteiger partial charge in [-0.15, -0.1) is 0 Å². The highest BCUT2D eigenvalue weighted by Gasteiger charge is 2.19. The molecule has 78 valence electrons. The van der Waals surface area contributed by atoms with Crippen LogP contribution in [0.25, 0.3) is 0 Å². The second kappa shape index (κ2) is 4.00. The first kappa shape index (κ1) is 9.52. The highest BCUT2D eigenvalue weighted by atomic mass is 15.4. The summed E-state index contributed by atoms with van der Waals surface area (Å²) >= 11 is 0. The van der Waals surface area contributed by atoms with Gasteiger partial charge >= 0.3 is 0 Å². The Labute approximate surface area is 84.9 Å². The van der Waals surface area contributed by atoms with Crippen LogP contribution in [0.4, 0.5) is 5.82 Å². The molecule has 0 aliphatic carbocycles. The van der Waals surface area contributed by atoms with Gasteiger partial charge in [0.15, 0.2) is 5.82 Å². The highest BCUT2D eigenvalue weighted by Crippen LogP contribution is 2.14. The molecule has 0 amide bonds. The number of nitrogens with zero attached hydrogens (tertiary/aromatic N) is 3. The molecule has 2 rings (SSSR count). The van der Waals surface area contributed by atoms with E-state index in [4.69, 9.17) is 0 Å². The quantitative estimate of drug-likeness (QED) is 0.752. The first-order chi connectivity index (χ1) is 6.81. The Kier molecular flexibility index (Phi) is 2.72. The summed E-state index contributed by atoms with van der Waals surface area (Å²) in [5.74, 6) is 1.11. The Morgan fingerprint density at radius 1 is 1.64 bits per heavy atom. The van der Waals surface area contributed by atoms with E-state index in [0.717, 1.165) is 32.0 Å². The molecule has 1 atom stereocenters. The van der Waals surface area contributed by atoms with E-state index in [-0.39, 0.29) is 0 Å². The number of aromatic nitrogens is 2. The van der Waals surface area contributed by atoms with E-state index < -0.39 is 0 Å². The van der Waals surface area contributed by atoms with E-state index in [2.05, 4.69) is 35.2 Å². The van der Waals surface area contributed by atoms with Crippen molar-refractivity contribution in [3.63, 3.8) is 0 Å². The second-order valence-electron chi connectivity index (χ2n) is 3.78. The number of hydrogen-bond donors (Lipinski definition) is 1. The monoisotopic (exact) mass is 194 g/mol. The summed E-state index contributed by atoms with van der Waals surface area (Å²) in [7, 11) is 0. The first-order valence-corrected chi connectivity index (χ1v) is 5.32. The Morgan fingerprint density at radius 3 is 3.14 bits per heavy atom. The maximum Gasteiger partial charge on any atom is 0.150 e. The van der Waals surface area contributed by atoms with Crippen molar-refractivity contribution in [3.8, 4) is 0 Å². The van der Waals surface area contributed by atoms with E-state index in [1.165, 1.54) is 0 Å². The summed E-state index contributed by atoms with van der Waals surface area (Å²) in [6, 6.07) is 2.65. The Bertz CT molecular complexity index is 294. The number of aryl methyl sites for hydroxylation is 1. The molecule has 0 radical (unpaired) electrons. The predicted octanol–water partition coefficient (Wildman–Crippen LogP) is 0.701. The second-order valence-corrected chi connectivity index (χ2v) is 3.78. The van der Waals surface area contributed by atoms with Crippen LogP contribution in [0.15, 0.2) is 12.3 Å². The van der Waals surface area contributed by atoms with Crippen molar-refractivity contribution in [2.45, 2.75) is 26.4 Å². The van der Waals surface area contributed by atoms with Crippen LogP contribution in [0.3, 0.4) is 0 Å². The van der Waals surface area contributed by atoms with Gasteiger partial charge in [-0.25, -0.2) is 0 Å². The van der Waals surface area contributed by atoms with Crippen molar-refractivity contribution in [1.29, 1.82) is 0 Å². The fourth-order valence-corrected chi connectivity index (χ4v) is 1.86. The summed E-state index contributed by atoms with van der Waals surface area (Å²) in [4.78, 5) is 2.36. The topological polar surface area (TPSA) is 33.1 Å². The molecule has 1 aromatic heterocycles. The van der Waals surface area contributed by atoms with Crippen LogP contribution in [0.5, 0.6) is 0 Å². The minimum Gasteiger partial charge on any atom is -0.350 e. The van der Waals surface area contributed by atoms with Gasteiger partial charge in [0, 0.05) is 44.5 Å². The van der Waals surface area contributed by atoms with Gasteiger partial charge in [0.25, 0.3) is 0 Å². The minimum absolute atomic E-state index is 0.545. The number of rotatable bonds is 2. The van der Waals surface area contributed by atoms with Crippen molar-refractivity contribution in [2.75, 3.05) is 24.5 Å². The number of nitrogens with one attached hydrogen (secondary N) is 1. The Balaban J connectivity index is 2.12. The minimum atomic E-state index is 0.545. The van der Waals surface area contributed by atoms with Gasteiger partial charge in [0.2, 0.25) is 0 Å². The molecule has 0 spiro atoms. The summed E-state index contributed by atoms with van der Waals surface area (Å²) < 4.78 is 1.98. The summed E-state index contributed by atoms with van der Waals surface area (Å²) in [6.07, 6.45) is 2.05. The molecule has 0 bridgehead atoms. The van der Waals surface area contributed by atoms with Crippen LogP contribution in [-0.2, 0) is 6.54 Å². The molecule has 4 nitrogen and oxygen atoms in total. The Morgan fingerprint density at radius 2 is 2.50 bits per heavy atom. The first-order valence-electron chi connectivity index (χ1n) is 5.32. The average Bonchev–Trinajstić information content (AvgIpc) is 2.67. The van der Waals surface area contributed by atoms with Crippen molar-refractivity contribution in [1.82, 2.24) is 15.1 Å². The van der Waals surface area contributed by atoms with E-state index >= 15 is 0 Å². The van der Waals surface area contributed by atoms with Crippen LogP contribution in [0.2, 0.25) is 0 Å². The number of hydrogen-bond acceptors (Lipinski definition) is 3. The number of piperazine rings is 1. The van der Waals surface area contributed by atoms with E-state index in [1.807, 2.05) is 10.9 Å². The summed E-state index contributed by atoms with van der Waals surface area (Å²) in [5.41, 5.74) is 0. The lowest BCUT2D eigenvalue weighted by molar-refractivity contribution is 0.493.